The Morgan fingerprint density at radius 3 is 2.70 bits per heavy atom. The van der Waals surface area contributed by atoms with E-state index in [0.29, 0.717) is 0 Å². The Labute approximate surface area is 128 Å². The molecule has 0 aliphatic rings. The minimum Gasteiger partial charge on any atom is -0.308 e. The maximum atomic E-state index is 6.34. The van der Waals surface area contributed by atoms with Crippen molar-refractivity contribution in [3.63, 3.8) is 0 Å². The highest BCUT2D eigenvalue weighted by molar-refractivity contribution is 7.99. The average molecular weight is 311 g/mol. The highest BCUT2D eigenvalue weighted by Crippen LogP contribution is 2.32. The van der Waals surface area contributed by atoms with Crippen molar-refractivity contribution in [1.29, 1.82) is 0 Å². The van der Waals surface area contributed by atoms with E-state index in [9.17, 15) is 0 Å². The maximum Gasteiger partial charge on any atom is 0.190 e. The first-order valence-electron chi connectivity index (χ1n) is 6.41. The van der Waals surface area contributed by atoms with Gasteiger partial charge in [0.1, 0.15) is 6.33 Å². The second-order valence-electron chi connectivity index (χ2n) is 5.59. The molecule has 0 bridgehead atoms. The number of benzene rings is 1. The zero-order valence-corrected chi connectivity index (χ0v) is 13.7. The van der Waals surface area contributed by atoms with Crippen molar-refractivity contribution >= 4 is 23.4 Å². The molecule has 20 heavy (non-hydrogen) atoms. The Balaban J connectivity index is 2.24. The van der Waals surface area contributed by atoms with Gasteiger partial charge in [-0.3, -0.25) is 0 Å². The van der Waals surface area contributed by atoms with E-state index in [-0.39, 0.29) is 5.54 Å². The fraction of sp³-hybridized carbons (Fsp3) is 0.429. The molecule has 6 heteroatoms. The van der Waals surface area contributed by atoms with Crippen molar-refractivity contribution in [2.45, 2.75) is 42.9 Å². The van der Waals surface area contributed by atoms with E-state index < -0.39 is 0 Å². The van der Waals surface area contributed by atoms with E-state index in [1.54, 1.807) is 22.8 Å². The van der Waals surface area contributed by atoms with Crippen LogP contribution in [0.4, 0.5) is 0 Å². The summed E-state index contributed by atoms with van der Waals surface area (Å²) in [5.41, 5.74) is 1.14. The van der Waals surface area contributed by atoms with Gasteiger partial charge in [-0.15, -0.1) is 0 Å². The Bertz CT molecular complexity index is 589. The highest BCUT2D eigenvalue weighted by Gasteiger charge is 2.14. The van der Waals surface area contributed by atoms with Crippen LogP contribution in [-0.4, -0.2) is 20.3 Å². The minimum absolute atomic E-state index is 0.0475. The number of aromatic nitrogens is 3. The van der Waals surface area contributed by atoms with E-state index in [0.717, 1.165) is 27.2 Å². The van der Waals surface area contributed by atoms with Crippen LogP contribution in [-0.2, 0) is 13.6 Å². The molecule has 0 amide bonds. The zero-order valence-electron chi connectivity index (χ0n) is 12.1. The number of nitrogens with one attached hydrogen (secondary N) is 1. The van der Waals surface area contributed by atoms with Crippen molar-refractivity contribution in [3.05, 3.63) is 35.1 Å². The van der Waals surface area contributed by atoms with Gasteiger partial charge in [0.25, 0.3) is 0 Å². The molecule has 2 aromatic rings. The summed E-state index contributed by atoms with van der Waals surface area (Å²) >= 11 is 7.92. The molecule has 2 rings (SSSR count). The van der Waals surface area contributed by atoms with Crippen LogP contribution in [0, 0.1) is 0 Å². The van der Waals surface area contributed by atoms with E-state index in [1.165, 1.54) is 0 Å². The van der Waals surface area contributed by atoms with Crippen LogP contribution in [0.5, 0.6) is 0 Å². The third-order valence-electron chi connectivity index (χ3n) is 2.74. The summed E-state index contributed by atoms with van der Waals surface area (Å²) in [6, 6.07) is 5.94. The summed E-state index contributed by atoms with van der Waals surface area (Å²) < 4.78 is 1.76. The van der Waals surface area contributed by atoms with Crippen molar-refractivity contribution in [2.24, 2.45) is 7.05 Å². The van der Waals surface area contributed by atoms with Crippen LogP contribution >= 0.6 is 23.4 Å². The first kappa shape index (κ1) is 15.4. The molecule has 1 aromatic heterocycles. The molecular formula is C14H19ClN4S. The maximum absolute atomic E-state index is 6.34. The van der Waals surface area contributed by atoms with E-state index in [2.05, 4.69) is 42.2 Å². The molecule has 1 aromatic carbocycles. The fourth-order valence-electron chi connectivity index (χ4n) is 1.64. The first-order valence-corrected chi connectivity index (χ1v) is 7.60. The van der Waals surface area contributed by atoms with Crippen LogP contribution in [0.1, 0.15) is 26.3 Å². The number of rotatable bonds is 4. The lowest BCUT2D eigenvalue weighted by molar-refractivity contribution is 0.422. The summed E-state index contributed by atoms with van der Waals surface area (Å²) in [5, 5.41) is 9.18. The van der Waals surface area contributed by atoms with Crippen LogP contribution < -0.4 is 5.32 Å². The fourth-order valence-corrected chi connectivity index (χ4v) is 2.86. The predicted octanol–water partition coefficient (Wildman–Crippen LogP) is 3.51. The molecule has 0 aliphatic carbocycles. The van der Waals surface area contributed by atoms with Gasteiger partial charge in [0.15, 0.2) is 5.16 Å². The van der Waals surface area contributed by atoms with Crippen LogP contribution in [0.15, 0.2) is 34.6 Å². The van der Waals surface area contributed by atoms with E-state index in [1.807, 2.05) is 19.2 Å². The molecule has 0 fully saturated rings. The molecule has 0 radical (unpaired) electrons. The molecule has 0 atom stereocenters. The van der Waals surface area contributed by atoms with Crippen LogP contribution in [0.25, 0.3) is 0 Å². The molecule has 0 spiro atoms. The third-order valence-corrected chi connectivity index (χ3v) is 4.25. The Hall–Kier alpha value is -1.04. The van der Waals surface area contributed by atoms with Gasteiger partial charge in [-0.1, -0.05) is 17.7 Å². The Morgan fingerprint density at radius 2 is 2.10 bits per heavy atom. The summed E-state index contributed by atoms with van der Waals surface area (Å²) in [6.07, 6.45) is 1.56. The molecule has 0 saturated carbocycles. The highest BCUT2D eigenvalue weighted by atomic mass is 35.5. The molecule has 0 unspecified atom stereocenters. The van der Waals surface area contributed by atoms with Crippen molar-refractivity contribution in [3.8, 4) is 0 Å². The van der Waals surface area contributed by atoms with Gasteiger partial charge in [0, 0.05) is 29.0 Å². The van der Waals surface area contributed by atoms with Gasteiger partial charge in [0.2, 0.25) is 0 Å². The second kappa shape index (κ2) is 6.16. The standard InChI is InChI=1S/C14H19ClN4S/c1-14(2,3)17-8-10-11(15)6-5-7-12(10)20-13-16-9-18-19(13)4/h5-7,9,17H,8H2,1-4H3. The number of nitrogens with zero attached hydrogens (tertiary/aromatic N) is 3. The lowest BCUT2D eigenvalue weighted by atomic mass is 10.1. The summed E-state index contributed by atoms with van der Waals surface area (Å²) in [5.74, 6) is 0. The summed E-state index contributed by atoms with van der Waals surface area (Å²) in [7, 11) is 1.88. The molecular weight excluding hydrogens is 292 g/mol. The second-order valence-corrected chi connectivity index (χ2v) is 7.00. The summed E-state index contributed by atoms with van der Waals surface area (Å²) in [6.45, 7) is 7.14. The topological polar surface area (TPSA) is 42.7 Å². The number of aryl methyl sites for hydroxylation is 1. The largest absolute Gasteiger partial charge is 0.308 e. The SMILES string of the molecule is Cn1ncnc1Sc1cccc(Cl)c1CNC(C)(C)C. The van der Waals surface area contributed by atoms with E-state index >= 15 is 0 Å². The smallest absolute Gasteiger partial charge is 0.190 e. The predicted molar refractivity (Wildman–Crippen MR) is 83.2 cm³/mol. The Morgan fingerprint density at radius 1 is 1.35 bits per heavy atom. The minimum atomic E-state index is 0.0475. The van der Waals surface area contributed by atoms with Gasteiger partial charge >= 0.3 is 0 Å². The molecule has 1 heterocycles. The molecule has 0 aliphatic heterocycles. The molecule has 108 valence electrons. The molecule has 1 N–H and O–H groups in total. The van der Waals surface area contributed by atoms with Crippen LogP contribution in [0.3, 0.4) is 0 Å². The normalized spacial score (nSPS) is 11.8. The first-order chi connectivity index (χ1) is 9.37. The van der Waals surface area contributed by atoms with Gasteiger partial charge < -0.3 is 5.32 Å². The number of hydrogen-bond acceptors (Lipinski definition) is 4. The lowest BCUT2D eigenvalue weighted by Crippen LogP contribution is -2.35. The third kappa shape index (κ3) is 3.98. The Kier molecular flexibility index (Phi) is 4.73. The number of hydrogen-bond donors (Lipinski definition) is 1. The van der Waals surface area contributed by atoms with Gasteiger partial charge in [-0.2, -0.15) is 5.10 Å². The molecule has 4 nitrogen and oxygen atoms in total. The number of halogens is 1. The monoisotopic (exact) mass is 310 g/mol. The molecule has 0 saturated heterocycles. The van der Waals surface area contributed by atoms with Crippen molar-refractivity contribution < 1.29 is 0 Å². The quantitative estimate of drug-likeness (QED) is 0.938. The lowest BCUT2D eigenvalue weighted by Gasteiger charge is -2.22. The van der Waals surface area contributed by atoms with Gasteiger partial charge in [-0.25, -0.2) is 9.67 Å². The van der Waals surface area contributed by atoms with Gasteiger partial charge in [-0.05, 0) is 50.2 Å². The van der Waals surface area contributed by atoms with E-state index in [4.69, 9.17) is 11.6 Å². The van der Waals surface area contributed by atoms with Crippen LogP contribution in [0.2, 0.25) is 5.02 Å². The average Bonchev–Trinajstić information content (AvgIpc) is 2.73. The van der Waals surface area contributed by atoms with Crippen molar-refractivity contribution in [1.82, 2.24) is 20.1 Å². The van der Waals surface area contributed by atoms with Crippen molar-refractivity contribution in [2.75, 3.05) is 0 Å². The summed E-state index contributed by atoms with van der Waals surface area (Å²) in [4.78, 5) is 5.34. The van der Waals surface area contributed by atoms with Gasteiger partial charge in [0.05, 0.1) is 0 Å². The zero-order chi connectivity index (χ0) is 14.8.